The molecule has 2 aliphatic rings. The van der Waals surface area contributed by atoms with Crippen LogP contribution >= 0.6 is 11.6 Å². The SMILES string of the molecule is CC1=C(C#N)C(=O)[NH+]([C@H]2CCS(=O)(=O)C2)C(=O)/C1=C\Nc1ccc(Cl)cc1C. The van der Waals surface area contributed by atoms with Crippen molar-refractivity contribution in [3.63, 3.8) is 0 Å². The van der Waals surface area contributed by atoms with E-state index in [1.165, 1.54) is 6.20 Å². The van der Waals surface area contributed by atoms with Crippen molar-refractivity contribution in [1.82, 2.24) is 0 Å². The zero-order valence-electron chi connectivity index (χ0n) is 15.4. The molecule has 7 nitrogen and oxygen atoms in total. The summed E-state index contributed by atoms with van der Waals surface area (Å²) < 4.78 is 23.6. The number of hydrogen-bond donors (Lipinski definition) is 2. The van der Waals surface area contributed by atoms with Gasteiger partial charge in [-0.1, -0.05) is 11.6 Å². The van der Waals surface area contributed by atoms with Crippen LogP contribution in [0.3, 0.4) is 0 Å². The number of hydrogen-bond acceptors (Lipinski definition) is 6. The first-order valence-electron chi connectivity index (χ1n) is 8.65. The van der Waals surface area contributed by atoms with Gasteiger partial charge in [-0.3, -0.25) is 0 Å². The lowest BCUT2D eigenvalue weighted by Crippen LogP contribution is -3.21. The number of nitrogens with zero attached hydrogens (tertiary/aromatic N) is 1. The van der Waals surface area contributed by atoms with E-state index in [0.29, 0.717) is 5.02 Å². The normalized spacial score (nSPS) is 25.9. The molecule has 0 aliphatic carbocycles. The van der Waals surface area contributed by atoms with Crippen molar-refractivity contribution in [3.8, 4) is 6.07 Å². The molecule has 0 aromatic heterocycles. The van der Waals surface area contributed by atoms with E-state index in [-0.39, 0.29) is 39.5 Å². The first-order chi connectivity index (χ1) is 13.1. The summed E-state index contributed by atoms with van der Waals surface area (Å²) in [6.45, 7) is 3.39. The van der Waals surface area contributed by atoms with Gasteiger partial charge in [0.25, 0.3) is 0 Å². The molecule has 2 aliphatic heterocycles. The average molecular weight is 421 g/mol. The number of anilines is 1. The Kier molecular flexibility index (Phi) is 5.44. The molecular formula is C19H19ClN3O4S+. The fraction of sp³-hybridized carbons (Fsp3) is 0.316. The number of rotatable bonds is 3. The Hall–Kier alpha value is -2.47. The Labute approximate surface area is 168 Å². The maximum atomic E-state index is 13.0. The van der Waals surface area contributed by atoms with Gasteiger partial charge in [-0.2, -0.15) is 10.2 Å². The highest BCUT2D eigenvalue weighted by Crippen LogP contribution is 2.23. The molecule has 0 radical (unpaired) electrons. The summed E-state index contributed by atoms with van der Waals surface area (Å²) in [7, 11) is -3.28. The molecule has 2 N–H and O–H groups in total. The molecule has 1 saturated heterocycles. The highest BCUT2D eigenvalue weighted by Gasteiger charge is 2.48. The number of imide groups is 1. The first kappa shape index (κ1) is 20.3. The van der Waals surface area contributed by atoms with Gasteiger partial charge >= 0.3 is 11.8 Å². The predicted molar refractivity (Wildman–Crippen MR) is 104 cm³/mol. The summed E-state index contributed by atoms with van der Waals surface area (Å²) in [5.74, 6) is -1.49. The lowest BCUT2D eigenvalue weighted by molar-refractivity contribution is -0.761. The van der Waals surface area contributed by atoms with E-state index in [1.54, 1.807) is 25.1 Å². The number of aryl methyl sites for hydroxylation is 1. The van der Waals surface area contributed by atoms with Gasteiger partial charge in [0.15, 0.2) is 15.4 Å². The molecule has 146 valence electrons. The third kappa shape index (κ3) is 3.74. The summed E-state index contributed by atoms with van der Waals surface area (Å²) in [6, 6.07) is 6.41. The molecule has 2 amide bonds. The molecule has 0 spiro atoms. The molecule has 0 saturated carbocycles. The van der Waals surface area contributed by atoms with Crippen LogP contribution in [0.4, 0.5) is 5.69 Å². The second kappa shape index (κ2) is 7.51. The van der Waals surface area contributed by atoms with Crippen molar-refractivity contribution in [2.45, 2.75) is 26.3 Å². The van der Waals surface area contributed by atoms with E-state index in [9.17, 15) is 23.3 Å². The van der Waals surface area contributed by atoms with Gasteiger partial charge in [-0.25, -0.2) is 18.0 Å². The topological polar surface area (TPSA) is 109 Å². The van der Waals surface area contributed by atoms with Crippen LogP contribution < -0.4 is 10.2 Å². The monoisotopic (exact) mass is 420 g/mol. The number of sulfone groups is 1. The number of benzene rings is 1. The van der Waals surface area contributed by atoms with E-state index >= 15 is 0 Å². The second-order valence-corrected chi connectivity index (χ2v) is 9.61. The van der Waals surface area contributed by atoms with Crippen molar-refractivity contribution < 1.29 is 22.9 Å². The Morgan fingerprint density at radius 1 is 1.29 bits per heavy atom. The largest absolute Gasteiger partial charge is 0.363 e. The third-order valence-corrected chi connectivity index (χ3v) is 7.06. The van der Waals surface area contributed by atoms with Gasteiger partial charge in [0.2, 0.25) is 0 Å². The molecule has 3 rings (SSSR count). The minimum atomic E-state index is -3.28. The summed E-state index contributed by atoms with van der Waals surface area (Å²) in [4.78, 5) is 25.6. The van der Waals surface area contributed by atoms with Crippen molar-refractivity contribution in [2.24, 2.45) is 0 Å². The molecule has 1 aromatic rings. The molecule has 2 heterocycles. The van der Waals surface area contributed by atoms with Crippen LogP contribution in [0.1, 0.15) is 18.9 Å². The Balaban J connectivity index is 1.99. The number of amides is 2. The lowest BCUT2D eigenvalue weighted by atomic mass is 9.94. The maximum Gasteiger partial charge on any atom is 0.363 e. The van der Waals surface area contributed by atoms with Crippen LogP contribution in [0.2, 0.25) is 5.02 Å². The maximum absolute atomic E-state index is 13.0. The van der Waals surface area contributed by atoms with Crippen LogP contribution in [-0.4, -0.2) is 37.8 Å². The predicted octanol–water partition coefficient (Wildman–Crippen LogP) is 0.923. The number of quaternary nitrogens is 1. The van der Waals surface area contributed by atoms with E-state index < -0.39 is 27.7 Å². The zero-order chi connectivity index (χ0) is 20.6. The number of nitriles is 1. The van der Waals surface area contributed by atoms with E-state index in [4.69, 9.17) is 11.6 Å². The van der Waals surface area contributed by atoms with Crippen LogP contribution in [-0.2, 0) is 19.4 Å². The van der Waals surface area contributed by atoms with Gasteiger partial charge in [0.05, 0.1) is 5.75 Å². The van der Waals surface area contributed by atoms with Crippen LogP contribution in [0.5, 0.6) is 0 Å². The van der Waals surface area contributed by atoms with Crippen LogP contribution in [0.25, 0.3) is 0 Å². The van der Waals surface area contributed by atoms with Crippen LogP contribution in [0, 0.1) is 18.3 Å². The van der Waals surface area contributed by atoms with Gasteiger partial charge in [-0.15, -0.1) is 0 Å². The van der Waals surface area contributed by atoms with Crippen molar-refractivity contribution in [1.29, 1.82) is 5.26 Å². The van der Waals surface area contributed by atoms with E-state index in [0.717, 1.165) is 11.3 Å². The first-order valence-corrected chi connectivity index (χ1v) is 10.9. The highest BCUT2D eigenvalue weighted by molar-refractivity contribution is 7.91. The lowest BCUT2D eigenvalue weighted by Gasteiger charge is -2.25. The van der Waals surface area contributed by atoms with Gasteiger partial charge in [0, 0.05) is 23.3 Å². The number of carbonyl (C=O) groups excluding carboxylic acids is 2. The Morgan fingerprint density at radius 3 is 2.57 bits per heavy atom. The fourth-order valence-electron chi connectivity index (χ4n) is 3.50. The molecule has 1 unspecified atom stereocenters. The summed E-state index contributed by atoms with van der Waals surface area (Å²) in [6.07, 6.45) is 1.67. The summed E-state index contributed by atoms with van der Waals surface area (Å²) in [5.41, 5.74) is 1.92. The third-order valence-electron chi connectivity index (χ3n) is 5.05. The quantitative estimate of drug-likeness (QED) is 0.556. The molecule has 2 atom stereocenters. The Bertz CT molecular complexity index is 1080. The molecular weight excluding hydrogens is 402 g/mol. The van der Waals surface area contributed by atoms with Crippen LogP contribution in [0.15, 0.2) is 41.1 Å². The minimum Gasteiger partial charge on any atom is -0.360 e. The average Bonchev–Trinajstić information content (AvgIpc) is 2.96. The highest BCUT2D eigenvalue weighted by atomic mass is 35.5. The van der Waals surface area contributed by atoms with Crippen molar-refractivity contribution >= 4 is 38.9 Å². The van der Waals surface area contributed by atoms with Gasteiger partial charge < -0.3 is 5.32 Å². The minimum absolute atomic E-state index is 0.0619. The molecule has 1 fully saturated rings. The second-order valence-electron chi connectivity index (χ2n) is 6.95. The van der Waals surface area contributed by atoms with E-state index in [2.05, 4.69) is 5.32 Å². The Morgan fingerprint density at radius 2 is 2.00 bits per heavy atom. The van der Waals surface area contributed by atoms with Gasteiger partial charge in [-0.05, 0) is 43.2 Å². The number of carbonyl (C=O) groups is 2. The van der Waals surface area contributed by atoms with E-state index in [1.807, 2.05) is 13.0 Å². The molecule has 1 aromatic carbocycles. The van der Waals surface area contributed by atoms with Gasteiger partial charge in [0.1, 0.15) is 23.4 Å². The molecule has 28 heavy (non-hydrogen) atoms. The molecule has 9 heteroatoms. The van der Waals surface area contributed by atoms with Crippen molar-refractivity contribution in [2.75, 3.05) is 16.8 Å². The smallest absolute Gasteiger partial charge is 0.360 e. The summed E-state index contributed by atoms with van der Waals surface area (Å²) in [5, 5.41) is 13.0. The fourth-order valence-corrected chi connectivity index (χ4v) is 5.48. The molecule has 0 bridgehead atoms. The zero-order valence-corrected chi connectivity index (χ0v) is 16.9. The number of nitrogens with one attached hydrogen (secondary N) is 2. The summed E-state index contributed by atoms with van der Waals surface area (Å²) >= 11 is 5.95. The van der Waals surface area contributed by atoms with Crippen molar-refractivity contribution in [3.05, 3.63) is 51.7 Å². The standard InChI is InChI=1S/C19H18ClN3O4S/c1-11-7-13(20)3-4-17(11)22-9-16-12(2)15(8-21)18(24)23(19(16)25)14-5-6-28(26,27)10-14/h3-4,7,9,14,22H,5-6,10H2,1-2H3/p+1/b16-9-/t14-/m0/s1. The number of halogens is 1.